The Morgan fingerprint density at radius 1 is 1.04 bits per heavy atom. The van der Waals surface area contributed by atoms with E-state index in [1.807, 2.05) is 13.0 Å². The molecular formula is C18H21N3O3S. The molecule has 0 fully saturated rings. The summed E-state index contributed by atoms with van der Waals surface area (Å²) < 4.78 is 0. The van der Waals surface area contributed by atoms with Gasteiger partial charge in [0.1, 0.15) is 0 Å². The monoisotopic (exact) mass is 359 g/mol. The summed E-state index contributed by atoms with van der Waals surface area (Å²) >= 11 is 1.33. The number of carbonyl (C=O) groups excluding carboxylic acids is 3. The Morgan fingerprint density at radius 2 is 1.76 bits per heavy atom. The van der Waals surface area contributed by atoms with E-state index in [2.05, 4.69) is 16.0 Å². The molecule has 0 aliphatic carbocycles. The van der Waals surface area contributed by atoms with Crippen LogP contribution in [0.2, 0.25) is 0 Å². The summed E-state index contributed by atoms with van der Waals surface area (Å²) in [7, 11) is 0. The first-order valence-electron chi connectivity index (χ1n) is 8.02. The van der Waals surface area contributed by atoms with Crippen LogP contribution in [0.3, 0.4) is 0 Å². The van der Waals surface area contributed by atoms with E-state index in [1.54, 1.807) is 30.3 Å². The highest BCUT2D eigenvalue weighted by molar-refractivity contribution is 7.14. The molecule has 0 spiro atoms. The molecule has 0 unspecified atom stereocenters. The van der Waals surface area contributed by atoms with Gasteiger partial charge in [0.05, 0.1) is 11.4 Å². The van der Waals surface area contributed by atoms with Crippen molar-refractivity contribution in [1.29, 1.82) is 0 Å². The van der Waals surface area contributed by atoms with Crippen LogP contribution in [0.1, 0.15) is 41.2 Å². The summed E-state index contributed by atoms with van der Waals surface area (Å²) in [4.78, 5) is 36.4. The first-order valence-corrected chi connectivity index (χ1v) is 8.84. The molecule has 3 amide bonds. The first-order chi connectivity index (χ1) is 12.0. The van der Waals surface area contributed by atoms with Gasteiger partial charge in [0.25, 0.3) is 5.91 Å². The zero-order valence-electron chi connectivity index (χ0n) is 14.2. The molecule has 25 heavy (non-hydrogen) atoms. The maximum atomic E-state index is 12.3. The molecule has 0 bridgehead atoms. The number of amides is 3. The van der Waals surface area contributed by atoms with E-state index in [0.717, 1.165) is 11.3 Å². The first kappa shape index (κ1) is 18.7. The molecule has 0 radical (unpaired) electrons. The third kappa shape index (κ3) is 6.04. The van der Waals surface area contributed by atoms with E-state index in [0.29, 0.717) is 29.2 Å². The van der Waals surface area contributed by atoms with Crippen LogP contribution in [0.15, 0.2) is 36.4 Å². The second-order valence-electron chi connectivity index (χ2n) is 5.51. The molecule has 3 N–H and O–H groups in total. The van der Waals surface area contributed by atoms with Crippen molar-refractivity contribution in [2.45, 2.75) is 33.2 Å². The van der Waals surface area contributed by atoms with Gasteiger partial charge in [0.2, 0.25) is 11.8 Å². The molecule has 0 aliphatic heterocycles. The summed E-state index contributed by atoms with van der Waals surface area (Å²) in [6, 6.07) is 10.6. The highest BCUT2D eigenvalue weighted by Crippen LogP contribution is 2.20. The lowest BCUT2D eigenvalue weighted by Gasteiger charge is -2.08. The Balaban J connectivity index is 1.98. The third-order valence-electron chi connectivity index (χ3n) is 3.28. The smallest absolute Gasteiger partial charge is 0.265 e. The standard InChI is InChI=1S/C18H21N3O3S/c1-3-5-17(23)20-13-6-4-7-14(10-13)21-18(24)16-9-8-15(25-16)11-19-12(2)22/h4,6-10H,3,5,11H2,1-2H3,(H,19,22)(H,20,23)(H,21,24). The van der Waals surface area contributed by atoms with Crippen molar-refractivity contribution < 1.29 is 14.4 Å². The van der Waals surface area contributed by atoms with Gasteiger partial charge >= 0.3 is 0 Å². The molecule has 1 heterocycles. The SMILES string of the molecule is CCCC(=O)Nc1cccc(NC(=O)c2ccc(CNC(C)=O)s2)c1. The molecule has 6 nitrogen and oxygen atoms in total. The molecule has 2 aromatic rings. The lowest BCUT2D eigenvalue weighted by atomic mass is 10.2. The van der Waals surface area contributed by atoms with Gasteiger partial charge in [-0.3, -0.25) is 14.4 Å². The number of carbonyl (C=O) groups is 3. The number of hydrogen-bond acceptors (Lipinski definition) is 4. The number of hydrogen-bond donors (Lipinski definition) is 3. The number of rotatable bonds is 7. The average Bonchev–Trinajstić information content (AvgIpc) is 3.02. The molecule has 0 atom stereocenters. The maximum Gasteiger partial charge on any atom is 0.265 e. The fraction of sp³-hybridized carbons (Fsp3) is 0.278. The summed E-state index contributed by atoms with van der Waals surface area (Å²) in [6.45, 7) is 3.80. The van der Waals surface area contributed by atoms with Crippen molar-refractivity contribution in [2.75, 3.05) is 10.6 Å². The van der Waals surface area contributed by atoms with E-state index < -0.39 is 0 Å². The quantitative estimate of drug-likeness (QED) is 0.708. The van der Waals surface area contributed by atoms with Gasteiger partial charge in [0.15, 0.2) is 0 Å². The third-order valence-corrected chi connectivity index (χ3v) is 4.36. The Labute approximate surface area is 150 Å². The van der Waals surface area contributed by atoms with Crippen molar-refractivity contribution in [3.05, 3.63) is 46.2 Å². The molecular weight excluding hydrogens is 338 g/mol. The molecule has 1 aromatic carbocycles. The average molecular weight is 359 g/mol. The molecule has 0 saturated carbocycles. The fourth-order valence-electron chi connectivity index (χ4n) is 2.12. The Hall–Kier alpha value is -2.67. The highest BCUT2D eigenvalue weighted by Gasteiger charge is 2.10. The topological polar surface area (TPSA) is 87.3 Å². The maximum absolute atomic E-state index is 12.3. The highest BCUT2D eigenvalue weighted by atomic mass is 32.1. The van der Waals surface area contributed by atoms with Gasteiger partial charge in [-0.2, -0.15) is 0 Å². The van der Waals surface area contributed by atoms with Crippen molar-refractivity contribution in [3.63, 3.8) is 0 Å². The van der Waals surface area contributed by atoms with E-state index in [1.165, 1.54) is 18.3 Å². The van der Waals surface area contributed by atoms with Gasteiger partial charge in [-0.25, -0.2) is 0 Å². The van der Waals surface area contributed by atoms with Gasteiger partial charge in [-0.15, -0.1) is 11.3 Å². The molecule has 2 rings (SSSR count). The number of anilines is 2. The minimum atomic E-state index is -0.226. The zero-order valence-corrected chi connectivity index (χ0v) is 15.0. The van der Waals surface area contributed by atoms with Gasteiger partial charge in [0, 0.05) is 29.6 Å². The van der Waals surface area contributed by atoms with Crippen LogP contribution in [0.5, 0.6) is 0 Å². The summed E-state index contributed by atoms with van der Waals surface area (Å²) in [5.41, 5.74) is 1.25. The molecule has 0 aliphatic rings. The van der Waals surface area contributed by atoms with Gasteiger partial charge < -0.3 is 16.0 Å². The normalized spacial score (nSPS) is 10.2. The van der Waals surface area contributed by atoms with Crippen molar-refractivity contribution in [2.24, 2.45) is 0 Å². The van der Waals surface area contributed by atoms with Crippen molar-refractivity contribution in [1.82, 2.24) is 5.32 Å². The van der Waals surface area contributed by atoms with E-state index in [4.69, 9.17) is 0 Å². The Bertz CT molecular complexity index is 770. The zero-order chi connectivity index (χ0) is 18.2. The lowest BCUT2D eigenvalue weighted by Crippen LogP contribution is -2.18. The summed E-state index contributed by atoms with van der Waals surface area (Å²) in [5, 5.41) is 8.31. The number of benzene rings is 1. The molecule has 0 saturated heterocycles. The number of thiophene rings is 1. The molecule has 132 valence electrons. The predicted octanol–water partition coefficient (Wildman–Crippen LogP) is 3.38. The molecule has 7 heteroatoms. The van der Waals surface area contributed by atoms with Crippen LogP contribution >= 0.6 is 11.3 Å². The predicted molar refractivity (Wildman–Crippen MR) is 99.8 cm³/mol. The van der Waals surface area contributed by atoms with E-state index in [-0.39, 0.29) is 17.7 Å². The summed E-state index contributed by atoms with van der Waals surface area (Å²) in [5.74, 6) is -0.385. The van der Waals surface area contributed by atoms with Crippen LogP contribution in [-0.4, -0.2) is 17.7 Å². The van der Waals surface area contributed by atoms with Crippen LogP contribution in [0.4, 0.5) is 11.4 Å². The number of nitrogens with one attached hydrogen (secondary N) is 3. The van der Waals surface area contributed by atoms with E-state index >= 15 is 0 Å². The van der Waals surface area contributed by atoms with Crippen LogP contribution in [0.25, 0.3) is 0 Å². The largest absolute Gasteiger partial charge is 0.351 e. The Kier molecular flexibility index (Phi) is 6.71. The fourth-order valence-corrected chi connectivity index (χ4v) is 2.97. The van der Waals surface area contributed by atoms with Crippen molar-refractivity contribution >= 4 is 40.4 Å². The van der Waals surface area contributed by atoms with Crippen LogP contribution in [0, 0.1) is 0 Å². The second-order valence-corrected chi connectivity index (χ2v) is 6.68. The van der Waals surface area contributed by atoms with Crippen LogP contribution in [-0.2, 0) is 16.1 Å². The second kappa shape index (κ2) is 8.98. The molecule has 1 aromatic heterocycles. The van der Waals surface area contributed by atoms with Crippen LogP contribution < -0.4 is 16.0 Å². The van der Waals surface area contributed by atoms with Gasteiger partial charge in [-0.05, 0) is 36.8 Å². The minimum absolute atomic E-state index is 0.0492. The van der Waals surface area contributed by atoms with Gasteiger partial charge in [-0.1, -0.05) is 13.0 Å². The van der Waals surface area contributed by atoms with E-state index in [9.17, 15) is 14.4 Å². The van der Waals surface area contributed by atoms with Crippen molar-refractivity contribution in [3.8, 4) is 0 Å². The summed E-state index contributed by atoms with van der Waals surface area (Å²) in [6.07, 6.45) is 1.24. The minimum Gasteiger partial charge on any atom is -0.351 e. The lowest BCUT2D eigenvalue weighted by molar-refractivity contribution is -0.119. The Morgan fingerprint density at radius 3 is 2.44 bits per heavy atom.